The fraction of sp³-hybridized carbons (Fsp3) is 0.316. The minimum atomic E-state index is 0.389. The fourth-order valence-electron chi connectivity index (χ4n) is 4.14. The first-order valence-corrected chi connectivity index (χ1v) is 9.13. The summed E-state index contributed by atoms with van der Waals surface area (Å²) in [5.41, 5.74) is 2.87. The number of anilines is 1. The van der Waals surface area contributed by atoms with Gasteiger partial charge < -0.3 is 10.2 Å². The smallest absolute Gasteiger partial charge is 0.163 e. The molecule has 2 unspecified atom stereocenters. The quantitative estimate of drug-likeness (QED) is 0.755. The van der Waals surface area contributed by atoms with Gasteiger partial charge in [-0.05, 0) is 25.6 Å². The highest BCUT2D eigenvalue weighted by molar-refractivity contribution is 6.31. The highest BCUT2D eigenvalue weighted by Gasteiger charge is 2.38. The molecule has 0 amide bonds. The number of rotatable bonds is 2. The predicted octanol–water partition coefficient (Wildman–Crippen LogP) is 3.04. The zero-order valence-electron chi connectivity index (χ0n) is 14.6. The van der Waals surface area contributed by atoms with Crippen molar-refractivity contribution in [1.29, 1.82) is 0 Å². The normalized spacial score (nSPS) is 22.3. The lowest BCUT2D eigenvalue weighted by Gasteiger charge is -2.23. The zero-order chi connectivity index (χ0) is 17.8. The van der Waals surface area contributed by atoms with Gasteiger partial charge in [0, 0.05) is 54.4 Å². The van der Waals surface area contributed by atoms with E-state index >= 15 is 0 Å². The van der Waals surface area contributed by atoms with E-state index in [0.717, 1.165) is 35.1 Å². The molecule has 3 aromatic rings. The number of allylic oxidation sites excluding steroid dienone is 3. The summed E-state index contributed by atoms with van der Waals surface area (Å²) in [7, 11) is 3.96. The van der Waals surface area contributed by atoms with Crippen molar-refractivity contribution >= 4 is 39.4 Å². The van der Waals surface area contributed by atoms with Gasteiger partial charge in [0.05, 0.1) is 5.02 Å². The van der Waals surface area contributed by atoms with Gasteiger partial charge in [-0.3, -0.25) is 4.68 Å². The minimum absolute atomic E-state index is 0.389. The summed E-state index contributed by atoms with van der Waals surface area (Å²) in [6.07, 6.45) is 11.3. The molecular formula is C19H19ClN6. The molecule has 3 aromatic heterocycles. The molecule has 5 rings (SSSR count). The maximum atomic E-state index is 6.17. The summed E-state index contributed by atoms with van der Waals surface area (Å²) in [6, 6.07) is 2.30. The van der Waals surface area contributed by atoms with Gasteiger partial charge in [-0.15, -0.1) is 0 Å². The van der Waals surface area contributed by atoms with E-state index in [1.165, 1.54) is 5.70 Å². The van der Waals surface area contributed by atoms with Crippen LogP contribution in [0.1, 0.15) is 6.42 Å². The highest BCUT2D eigenvalue weighted by Crippen LogP contribution is 2.40. The van der Waals surface area contributed by atoms with E-state index in [1.54, 1.807) is 6.20 Å². The molecule has 1 N–H and O–H groups in total. The van der Waals surface area contributed by atoms with E-state index in [4.69, 9.17) is 21.7 Å². The second-order valence-electron chi connectivity index (χ2n) is 6.89. The first kappa shape index (κ1) is 15.8. The summed E-state index contributed by atoms with van der Waals surface area (Å²) < 4.78 is 1.83. The maximum Gasteiger partial charge on any atom is 0.163 e. The van der Waals surface area contributed by atoms with Crippen molar-refractivity contribution in [2.75, 3.05) is 18.5 Å². The van der Waals surface area contributed by atoms with E-state index in [9.17, 15) is 0 Å². The monoisotopic (exact) mass is 366 g/mol. The number of nitrogens with one attached hydrogen (secondary N) is 1. The summed E-state index contributed by atoms with van der Waals surface area (Å²) in [5.74, 6) is 1.33. The maximum absolute atomic E-state index is 6.17. The third-order valence-electron chi connectivity index (χ3n) is 5.35. The van der Waals surface area contributed by atoms with Crippen molar-refractivity contribution in [2.45, 2.75) is 12.5 Å². The molecular weight excluding hydrogens is 348 g/mol. The van der Waals surface area contributed by atoms with E-state index in [0.29, 0.717) is 22.6 Å². The van der Waals surface area contributed by atoms with E-state index in [1.807, 2.05) is 31.0 Å². The van der Waals surface area contributed by atoms with Gasteiger partial charge in [-0.2, -0.15) is 5.10 Å². The van der Waals surface area contributed by atoms with Crippen molar-refractivity contribution in [3.63, 3.8) is 0 Å². The molecule has 6 nitrogen and oxygen atoms in total. The number of aryl methyl sites for hydroxylation is 1. The Morgan fingerprint density at radius 2 is 2.19 bits per heavy atom. The number of nitrogens with zero attached hydrogens (tertiary/aromatic N) is 5. The Morgan fingerprint density at radius 3 is 3.04 bits per heavy atom. The molecule has 0 spiro atoms. The Labute approximate surface area is 156 Å². The highest BCUT2D eigenvalue weighted by atomic mass is 35.5. The van der Waals surface area contributed by atoms with Gasteiger partial charge in [0.15, 0.2) is 11.5 Å². The third-order valence-corrected chi connectivity index (χ3v) is 5.56. The van der Waals surface area contributed by atoms with Gasteiger partial charge in [-0.1, -0.05) is 23.8 Å². The van der Waals surface area contributed by atoms with Crippen LogP contribution in [-0.4, -0.2) is 39.4 Å². The predicted molar refractivity (Wildman–Crippen MR) is 104 cm³/mol. The van der Waals surface area contributed by atoms with Crippen molar-refractivity contribution in [2.24, 2.45) is 13.0 Å². The van der Waals surface area contributed by atoms with Crippen LogP contribution in [0.3, 0.4) is 0 Å². The average Bonchev–Trinajstić information content (AvgIpc) is 3.22. The molecule has 0 saturated carbocycles. The topological polar surface area (TPSA) is 58.9 Å². The lowest BCUT2D eigenvalue weighted by molar-refractivity contribution is 0.481. The molecule has 0 aromatic carbocycles. The van der Waals surface area contributed by atoms with E-state index in [2.05, 4.69) is 33.4 Å². The number of hydrogen-bond acceptors (Lipinski definition) is 5. The molecule has 0 bridgehead atoms. The Morgan fingerprint density at radius 1 is 1.31 bits per heavy atom. The second-order valence-corrected chi connectivity index (χ2v) is 7.33. The lowest BCUT2D eigenvalue weighted by Crippen LogP contribution is -2.33. The van der Waals surface area contributed by atoms with E-state index in [-0.39, 0.29) is 0 Å². The SMILES string of the molecule is CNC1CN(c2nc3ncc(Cl)cc3c3cn(C)nc23)C2=CC=CCC21. The van der Waals surface area contributed by atoms with E-state index < -0.39 is 0 Å². The third kappa shape index (κ3) is 2.26. The number of hydrogen-bond donors (Lipinski definition) is 1. The number of likely N-dealkylation sites (N-methyl/N-ethyl adjacent to an activating group) is 1. The molecule has 132 valence electrons. The first-order chi connectivity index (χ1) is 12.7. The summed E-state index contributed by atoms with van der Waals surface area (Å²) in [6.45, 7) is 0.868. The van der Waals surface area contributed by atoms with Gasteiger partial charge in [-0.25, -0.2) is 9.97 Å². The minimum Gasteiger partial charge on any atom is -0.326 e. The Balaban J connectivity index is 1.77. The molecule has 4 heterocycles. The molecule has 1 aliphatic carbocycles. The Bertz CT molecular complexity index is 1080. The van der Waals surface area contributed by atoms with Crippen LogP contribution in [0.15, 0.2) is 42.4 Å². The first-order valence-electron chi connectivity index (χ1n) is 8.76. The van der Waals surface area contributed by atoms with Gasteiger partial charge in [0.25, 0.3) is 0 Å². The van der Waals surface area contributed by atoms with Crippen LogP contribution < -0.4 is 10.2 Å². The Hall–Kier alpha value is -2.44. The summed E-state index contributed by atoms with van der Waals surface area (Å²) in [5, 5.41) is 10.7. The molecule has 0 radical (unpaired) electrons. The molecule has 2 aliphatic rings. The van der Waals surface area contributed by atoms with Gasteiger partial charge in [0.2, 0.25) is 0 Å². The van der Waals surface area contributed by atoms with Crippen molar-refractivity contribution in [1.82, 2.24) is 25.1 Å². The van der Waals surface area contributed by atoms with Crippen molar-refractivity contribution in [3.8, 4) is 0 Å². The van der Waals surface area contributed by atoms with Gasteiger partial charge in [0.1, 0.15) is 5.52 Å². The average molecular weight is 367 g/mol. The molecule has 1 aliphatic heterocycles. The number of halogens is 1. The molecule has 26 heavy (non-hydrogen) atoms. The van der Waals surface area contributed by atoms with Crippen LogP contribution in [-0.2, 0) is 7.05 Å². The zero-order valence-corrected chi connectivity index (χ0v) is 15.4. The number of pyridine rings is 2. The van der Waals surface area contributed by atoms with Crippen LogP contribution in [0.25, 0.3) is 21.9 Å². The standard InChI is InChI=1S/C19H19ClN6/c1-21-15-10-26(16-6-4-3-5-12(15)16)19-17-14(9-25(2)24-17)13-7-11(20)8-22-18(13)23-19/h3-4,6-9,12,15,21H,5,10H2,1-2H3. The molecule has 1 fully saturated rings. The summed E-state index contributed by atoms with van der Waals surface area (Å²) in [4.78, 5) is 11.6. The van der Waals surface area contributed by atoms with Crippen molar-refractivity contribution < 1.29 is 0 Å². The lowest BCUT2D eigenvalue weighted by atomic mass is 9.93. The fourth-order valence-corrected chi connectivity index (χ4v) is 4.30. The molecule has 2 atom stereocenters. The number of fused-ring (bicyclic) bond motifs is 4. The van der Waals surface area contributed by atoms with Gasteiger partial charge >= 0.3 is 0 Å². The molecule has 1 saturated heterocycles. The van der Waals surface area contributed by atoms with Crippen LogP contribution in [0, 0.1) is 5.92 Å². The summed E-state index contributed by atoms with van der Waals surface area (Å²) >= 11 is 6.17. The Kier molecular flexibility index (Phi) is 3.52. The van der Waals surface area contributed by atoms with Crippen LogP contribution in [0.4, 0.5) is 5.82 Å². The largest absolute Gasteiger partial charge is 0.326 e. The van der Waals surface area contributed by atoms with Crippen LogP contribution >= 0.6 is 11.6 Å². The second kappa shape index (κ2) is 5.79. The van der Waals surface area contributed by atoms with Crippen LogP contribution in [0.5, 0.6) is 0 Å². The number of aromatic nitrogens is 4. The van der Waals surface area contributed by atoms with Crippen molar-refractivity contribution in [3.05, 3.63) is 47.4 Å². The molecule has 7 heteroatoms. The van der Waals surface area contributed by atoms with Crippen LogP contribution in [0.2, 0.25) is 5.02 Å².